The number of esters is 2. The molecule has 1 aliphatic rings. The minimum Gasteiger partial charge on any atom is -0.465 e. The van der Waals surface area contributed by atoms with Gasteiger partial charge in [-0.3, -0.25) is 9.59 Å². The molecule has 6 heteroatoms. The molecule has 0 aliphatic carbocycles. The maximum absolute atomic E-state index is 12.9. The molecule has 168 valence electrons. The summed E-state index contributed by atoms with van der Waals surface area (Å²) in [7, 11) is 0. The zero-order chi connectivity index (χ0) is 22.1. The van der Waals surface area contributed by atoms with E-state index < -0.39 is 17.9 Å². The third-order valence-corrected chi connectivity index (χ3v) is 5.55. The first-order valence-electron chi connectivity index (χ1n) is 11.1. The lowest BCUT2D eigenvalue weighted by atomic mass is 9.76. The summed E-state index contributed by atoms with van der Waals surface area (Å²) in [5, 5.41) is 0. The molecule has 2 rings (SSSR count). The molecule has 2 unspecified atom stereocenters. The Balaban J connectivity index is 2.38. The SMILES string of the molecule is CCOC(=O)C(C(=O)OCC)C(C[C@@H]1CC(OCC)O[C@H]1C(C)C)c1ccccc1. The lowest BCUT2D eigenvalue weighted by Gasteiger charge is -2.29. The van der Waals surface area contributed by atoms with Gasteiger partial charge in [0.15, 0.2) is 12.2 Å². The maximum Gasteiger partial charge on any atom is 0.320 e. The topological polar surface area (TPSA) is 71.1 Å². The summed E-state index contributed by atoms with van der Waals surface area (Å²) in [6.07, 6.45) is 1.09. The predicted octanol–water partition coefficient (Wildman–Crippen LogP) is 4.33. The van der Waals surface area contributed by atoms with Gasteiger partial charge in [0.2, 0.25) is 0 Å². The molecule has 4 atom stereocenters. The molecule has 6 nitrogen and oxygen atoms in total. The minimum absolute atomic E-state index is 0.00203. The van der Waals surface area contributed by atoms with E-state index in [0.29, 0.717) is 18.9 Å². The molecule has 0 bridgehead atoms. The summed E-state index contributed by atoms with van der Waals surface area (Å²) >= 11 is 0. The summed E-state index contributed by atoms with van der Waals surface area (Å²) in [6.45, 7) is 10.7. The first-order chi connectivity index (χ1) is 14.4. The first kappa shape index (κ1) is 24.4. The van der Waals surface area contributed by atoms with Gasteiger partial charge in [0.1, 0.15) is 0 Å². The second-order valence-electron chi connectivity index (χ2n) is 7.96. The second-order valence-corrected chi connectivity index (χ2v) is 7.96. The normalized spacial score (nSPS) is 22.3. The number of carbonyl (C=O) groups excluding carboxylic acids is 2. The van der Waals surface area contributed by atoms with Crippen molar-refractivity contribution in [1.82, 2.24) is 0 Å². The highest BCUT2D eigenvalue weighted by Gasteiger charge is 2.44. The molecule has 0 N–H and O–H groups in total. The van der Waals surface area contributed by atoms with Crippen LogP contribution in [0.5, 0.6) is 0 Å². The minimum atomic E-state index is -1.01. The molecule has 1 saturated heterocycles. The van der Waals surface area contributed by atoms with Crippen LogP contribution >= 0.6 is 0 Å². The summed E-state index contributed by atoms with van der Waals surface area (Å²) in [4.78, 5) is 25.7. The van der Waals surface area contributed by atoms with Gasteiger partial charge in [-0.2, -0.15) is 0 Å². The van der Waals surface area contributed by atoms with E-state index in [1.165, 1.54) is 0 Å². The average Bonchev–Trinajstić information content (AvgIpc) is 3.11. The fraction of sp³-hybridized carbons (Fsp3) is 0.667. The van der Waals surface area contributed by atoms with Gasteiger partial charge in [-0.25, -0.2) is 0 Å². The van der Waals surface area contributed by atoms with Gasteiger partial charge in [-0.15, -0.1) is 0 Å². The molecule has 0 saturated carbocycles. The zero-order valence-corrected chi connectivity index (χ0v) is 18.8. The van der Waals surface area contributed by atoms with Gasteiger partial charge in [0.05, 0.1) is 19.3 Å². The lowest BCUT2D eigenvalue weighted by molar-refractivity contribution is -0.163. The molecule has 1 fully saturated rings. The van der Waals surface area contributed by atoms with Crippen molar-refractivity contribution in [3.05, 3.63) is 35.9 Å². The van der Waals surface area contributed by atoms with Crippen molar-refractivity contribution in [2.24, 2.45) is 17.8 Å². The van der Waals surface area contributed by atoms with E-state index in [2.05, 4.69) is 13.8 Å². The van der Waals surface area contributed by atoms with Crippen LogP contribution in [0, 0.1) is 17.8 Å². The van der Waals surface area contributed by atoms with E-state index in [-0.39, 0.29) is 37.4 Å². The van der Waals surface area contributed by atoms with Gasteiger partial charge < -0.3 is 18.9 Å². The Bertz CT molecular complexity index is 641. The smallest absolute Gasteiger partial charge is 0.320 e. The van der Waals surface area contributed by atoms with Gasteiger partial charge >= 0.3 is 11.9 Å². The summed E-state index contributed by atoms with van der Waals surface area (Å²) < 4.78 is 22.4. The summed E-state index contributed by atoms with van der Waals surface area (Å²) in [5.41, 5.74) is 0.922. The van der Waals surface area contributed by atoms with Gasteiger partial charge in [-0.1, -0.05) is 44.2 Å². The van der Waals surface area contributed by atoms with E-state index in [9.17, 15) is 9.59 Å². The van der Waals surface area contributed by atoms with Crippen molar-refractivity contribution in [2.75, 3.05) is 19.8 Å². The van der Waals surface area contributed by atoms with Crippen LogP contribution in [0.2, 0.25) is 0 Å². The highest BCUT2D eigenvalue weighted by atomic mass is 16.7. The molecule has 0 aromatic heterocycles. The van der Waals surface area contributed by atoms with Crippen molar-refractivity contribution in [2.45, 2.75) is 65.8 Å². The fourth-order valence-corrected chi connectivity index (χ4v) is 4.33. The van der Waals surface area contributed by atoms with Gasteiger partial charge in [-0.05, 0) is 44.6 Å². The Morgan fingerprint density at radius 3 is 2.10 bits per heavy atom. The Hall–Kier alpha value is -1.92. The molecular formula is C24H36O6. The molecular weight excluding hydrogens is 384 g/mol. The van der Waals surface area contributed by atoms with Gasteiger partial charge in [0.25, 0.3) is 0 Å². The zero-order valence-electron chi connectivity index (χ0n) is 18.8. The first-order valence-corrected chi connectivity index (χ1v) is 11.1. The molecule has 0 radical (unpaired) electrons. The Labute approximate surface area is 180 Å². The van der Waals surface area contributed by atoms with Crippen molar-refractivity contribution in [1.29, 1.82) is 0 Å². The van der Waals surface area contributed by atoms with Crippen LogP contribution in [0.25, 0.3) is 0 Å². The predicted molar refractivity (Wildman–Crippen MR) is 114 cm³/mol. The number of hydrogen-bond acceptors (Lipinski definition) is 6. The van der Waals surface area contributed by atoms with Crippen molar-refractivity contribution in [3.63, 3.8) is 0 Å². The molecule has 0 amide bonds. The largest absolute Gasteiger partial charge is 0.465 e. The quantitative estimate of drug-likeness (QED) is 0.392. The van der Waals surface area contributed by atoms with Crippen molar-refractivity contribution < 1.29 is 28.5 Å². The van der Waals surface area contributed by atoms with Crippen LogP contribution < -0.4 is 0 Å². The van der Waals surface area contributed by atoms with Crippen LogP contribution in [0.1, 0.15) is 58.9 Å². The van der Waals surface area contributed by atoms with Crippen LogP contribution in [0.15, 0.2) is 30.3 Å². The molecule has 0 spiro atoms. The number of ether oxygens (including phenoxy) is 4. The Morgan fingerprint density at radius 2 is 1.60 bits per heavy atom. The summed E-state index contributed by atoms with van der Waals surface area (Å²) in [5.74, 6) is -2.00. The van der Waals surface area contributed by atoms with Crippen molar-refractivity contribution >= 4 is 11.9 Å². The van der Waals surface area contributed by atoms with E-state index in [0.717, 1.165) is 12.0 Å². The van der Waals surface area contributed by atoms with Crippen molar-refractivity contribution in [3.8, 4) is 0 Å². The number of benzene rings is 1. The van der Waals surface area contributed by atoms with E-state index in [4.69, 9.17) is 18.9 Å². The molecule has 1 aromatic carbocycles. The third-order valence-electron chi connectivity index (χ3n) is 5.55. The molecule has 1 heterocycles. The fourth-order valence-electron chi connectivity index (χ4n) is 4.33. The monoisotopic (exact) mass is 420 g/mol. The third kappa shape index (κ3) is 6.29. The second kappa shape index (κ2) is 12.1. The molecule has 1 aliphatic heterocycles. The number of carbonyl (C=O) groups is 2. The van der Waals surface area contributed by atoms with Gasteiger partial charge in [0, 0.05) is 18.9 Å². The summed E-state index contributed by atoms with van der Waals surface area (Å²) in [6, 6.07) is 9.67. The lowest BCUT2D eigenvalue weighted by Crippen LogP contribution is -2.35. The number of hydrogen-bond donors (Lipinski definition) is 0. The van der Waals surface area contributed by atoms with Crippen LogP contribution in [-0.4, -0.2) is 44.2 Å². The van der Waals surface area contributed by atoms with Crippen LogP contribution in [0.4, 0.5) is 0 Å². The highest BCUT2D eigenvalue weighted by molar-refractivity contribution is 5.96. The van der Waals surface area contributed by atoms with E-state index in [1.54, 1.807) is 13.8 Å². The van der Waals surface area contributed by atoms with E-state index in [1.807, 2.05) is 37.3 Å². The Morgan fingerprint density at radius 1 is 1.00 bits per heavy atom. The number of rotatable bonds is 11. The Kier molecular flexibility index (Phi) is 9.79. The van der Waals surface area contributed by atoms with E-state index >= 15 is 0 Å². The highest BCUT2D eigenvalue weighted by Crippen LogP contribution is 2.41. The molecule has 1 aromatic rings. The van der Waals surface area contributed by atoms with Crippen LogP contribution in [0.3, 0.4) is 0 Å². The maximum atomic E-state index is 12.9. The molecule has 30 heavy (non-hydrogen) atoms. The average molecular weight is 421 g/mol. The van der Waals surface area contributed by atoms with Crippen LogP contribution in [-0.2, 0) is 28.5 Å². The standard InChI is InChI=1S/C24H36O6/c1-6-27-20-15-18(22(30-20)16(4)5)14-19(17-12-10-9-11-13-17)21(23(25)28-7-2)24(26)29-8-3/h9-13,16,18-22H,6-8,14-15H2,1-5H3/t18-,19?,20?,22+/m1/s1.